The van der Waals surface area contributed by atoms with Crippen molar-refractivity contribution in [2.75, 3.05) is 20.8 Å². The van der Waals surface area contributed by atoms with Crippen molar-refractivity contribution in [3.63, 3.8) is 0 Å². The van der Waals surface area contributed by atoms with Crippen molar-refractivity contribution in [2.24, 2.45) is 0 Å². The molecular formula is C29H26N2O6. The normalized spacial score (nSPS) is 10.5. The highest BCUT2D eigenvalue weighted by molar-refractivity contribution is 5.93. The van der Waals surface area contributed by atoms with Crippen LogP contribution in [0.3, 0.4) is 0 Å². The highest BCUT2D eigenvalue weighted by Gasteiger charge is 2.21. The predicted molar refractivity (Wildman–Crippen MR) is 137 cm³/mol. The number of pyridine rings is 1. The molecule has 0 aliphatic heterocycles. The third-order valence-corrected chi connectivity index (χ3v) is 5.49. The van der Waals surface area contributed by atoms with Crippen LogP contribution in [-0.2, 0) is 9.53 Å². The summed E-state index contributed by atoms with van der Waals surface area (Å²) in [6, 6.07) is 26.3. The van der Waals surface area contributed by atoms with Crippen LogP contribution in [0.25, 0.3) is 0 Å². The molecule has 188 valence electrons. The molecular weight excluding hydrogens is 472 g/mol. The fourth-order valence-electron chi connectivity index (χ4n) is 3.59. The molecule has 4 aromatic rings. The van der Waals surface area contributed by atoms with E-state index in [2.05, 4.69) is 10.3 Å². The van der Waals surface area contributed by atoms with Gasteiger partial charge in [-0.1, -0.05) is 42.5 Å². The van der Waals surface area contributed by atoms with E-state index in [0.29, 0.717) is 17.2 Å². The van der Waals surface area contributed by atoms with Crippen LogP contribution in [0.5, 0.6) is 23.1 Å². The quantitative estimate of drug-likeness (QED) is 0.309. The lowest BCUT2D eigenvalue weighted by Gasteiger charge is -2.20. The number of carbonyl (C=O) groups is 2. The van der Waals surface area contributed by atoms with E-state index in [1.807, 2.05) is 66.7 Å². The van der Waals surface area contributed by atoms with E-state index in [0.717, 1.165) is 11.1 Å². The van der Waals surface area contributed by atoms with Crippen molar-refractivity contribution in [3.05, 3.63) is 114 Å². The van der Waals surface area contributed by atoms with Crippen molar-refractivity contribution in [2.45, 2.75) is 6.04 Å². The summed E-state index contributed by atoms with van der Waals surface area (Å²) in [5, 5.41) is 2.94. The zero-order chi connectivity index (χ0) is 26.0. The summed E-state index contributed by atoms with van der Waals surface area (Å²) in [4.78, 5) is 29.8. The second-order valence-corrected chi connectivity index (χ2v) is 7.89. The van der Waals surface area contributed by atoms with Crippen LogP contribution >= 0.6 is 0 Å². The monoisotopic (exact) mass is 498 g/mol. The van der Waals surface area contributed by atoms with Gasteiger partial charge in [0.05, 0.1) is 20.3 Å². The Morgan fingerprint density at radius 1 is 0.757 bits per heavy atom. The molecule has 8 nitrogen and oxygen atoms in total. The number of para-hydroxylation sites is 1. The maximum absolute atomic E-state index is 12.9. The summed E-state index contributed by atoms with van der Waals surface area (Å²) in [5.41, 5.74) is 1.77. The fraction of sp³-hybridized carbons (Fsp3) is 0.138. The number of rotatable bonds is 10. The van der Waals surface area contributed by atoms with E-state index in [-0.39, 0.29) is 11.4 Å². The first-order chi connectivity index (χ1) is 18.1. The van der Waals surface area contributed by atoms with Gasteiger partial charge < -0.3 is 24.3 Å². The average molecular weight is 499 g/mol. The van der Waals surface area contributed by atoms with Gasteiger partial charge in [-0.15, -0.1) is 0 Å². The van der Waals surface area contributed by atoms with E-state index in [9.17, 15) is 9.59 Å². The van der Waals surface area contributed by atoms with Gasteiger partial charge in [0.25, 0.3) is 5.91 Å². The Bertz CT molecular complexity index is 1280. The summed E-state index contributed by atoms with van der Waals surface area (Å²) < 4.78 is 21.5. The van der Waals surface area contributed by atoms with E-state index < -0.39 is 24.5 Å². The summed E-state index contributed by atoms with van der Waals surface area (Å²) in [7, 11) is 3.18. The standard InChI is InChI=1S/C29H26N2O6/c1-34-22-14-10-20(11-15-22)27(21-12-16-23(35-2)17-13-21)31-26(32)19-36-29(33)25-9-6-18-30-28(25)37-24-7-4-3-5-8-24/h3-18,27H,19H2,1-2H3,(H,31,32). The molecule has 1 N–H and O–H groups in total. The molecule has 0 saturated heterocycles. The molecule has 0 spiro atoms. The molecule has 0 aliphatic carbocycles. The summed E-state index contributed by atoms with van der Waals surface area (Å²) >= 11 is 0. The maximum atomic E-state index is 12.9. The molecule has 0 bridgehead atoms. The van der Waals surface area contributed by atoms with Crippen LogP contribution in [0.1, 0.15) is 27.5 Å². The smallest absolute Gasteiger partial charge is 0.344 e. The Morgan fingerprint density at radius 3 is 1.92 bits per heavy atom. The minimum Gasteiger partial charge on any atom is -0.497 e. The Balaban J connectivity index is 1.46. The van der Waals surface area contributed by atoms with Crippen molar-refractivity contribution in [1.29, 1.82) is 0 Å². The summed E-state index contributed by atoms with van der Waals surface area (Å²) in [6.07, 6.45) is 1.51. The number of nitrogens with zero attached hydrogens (tertiary/aromatic N) is 1. The molecule has 3 aromatic carbocycles. The van der Waals surface area contributed by atoms with Gasteiger partial charge in [-0.2, -0.15) is 0 Å². The summed E-state index contributed by atoms with van der Waals surface area (Å²) in [6.45, 7) is -0.485. The third kappa shape index (κ3) is 6.64. The molecule has 0 radical (unpaired) electrons. The largest absolute Gasteiger partial charge is 0.497 e. The Kier molecular flexibility index (Phi) is 8.33. The van der Waals surface area contributed by atoms with Crippen LogP contribution < -0.4 is 19.5 Å². The molecule has 4 rings (SSSR count). The lowest BCUT2D eigenvalue weighted by Crippen LogP contribution is -2.33. The van der Waals surface area contributed by atoms with Crippen LogP contribution in [0.2, 0.25) is 0 Å². The number of carbonyl (C=O) groups excluding carboxylic acids is 2. The Morgan fingerprint density at radius 2 is 1.35 bits per heavy atom. The topological polar surface area (TPSA) is 96.0 Å². The summed E-state index contributed by atoms with van der Waals surface area (Å²) in [5.74, 6) is 0.812. The molecule has 37 heavy (non-hydrogen) atoms. The minimum atomic E-state index is -0.723. The predicted octanol–water partition coefficient (Wildman–Crippen LogP) is 4.95. The number of aromatic nitrogens is 1. The van der Waals surface area contributed by atoms with Gasteiger partial charge in [-0.25, -0.2) is 9.78 Å². The van der Waals surface area contributed by atoms with E-state index in [1.165, 1.54) is 12.3 Å². The van der Waals surface area contributed by atoms with Crippen molar-refractivity contribution < 1.29 is 28.5 Å². The number of methoxy groups -OCH3 is 2. The molecule has 0 atom stereocenters. The SMILES string of the molecule is COc1ccc(C(NC(=O)COC(=O)c2cccnc2Oc2ccccc2)c2ccc(OC)cc2)cc1. The zero-order valence-corrected chi connectivity index (χ0v) is 20.4. The van der Waals surface area contributed by atoms with Gasteiger partial charge in [0, 0.05) is 6.20 Å². The lowest BCUT2D eigenvalue weighted by atomic mass is 9.98. The van der Waals surface area contributed by atoms with Gasteiger partial charge in [0.1, 0.15) is 22.8 Å². The van der Waals surface area contributed by atoms with Crippen LogP contribution in [0.15, 0.2) is 97.2 Å². The highest BCUT2D eigenvalue weighted by atomic mass is 16.5. The molecule has 1 heterocycles. The second kappa shape index (κ2) is 12.2. The number of hydrogen-bond acceptors (Lipinski definition) is 7. The minimum absolute atomic E-state index is 0.0912. The number of esters is 1. The molecule has 0 aliphatic rings. The lowest BCUT2D eigenvalue weighted by molar-refractivity contribution is -0.124. The average Bonchev–Trinajstić information content (AvgIpc) is 2.95. The maximum Gasteiger partial charge on any atom is 0.344 e. The van der Waals surface area contributed by atoms with E-state index >= 15 is 0 Å². The van der Waals surface area contributed by atoms with Gasteiger partial charge in [0.15, 0.2) is 6.61 Å². The zero-order valence-electron chi connectivity index (χ0n) is 20.4. The van der Waals surface area contributed by atoms with E-state index in [1.54, 1.807) is 32.4 Å². The Labute approximate surface area is 214 Å². The molecule has 8 heteroatoms. The van der Waals surface area contributed by atoms with Gasteiger partial charge in [-0.3, -0.25) is 4.79 Å². The highest BCUT2D eigenvalue weighted by Crippen LogP contribution is 2.26. The molecule has 0 fully saturated rings. The van der Waals surface area contributed by atoms with Crippen LogP contribution in [0, 0.1) is 0 Å². The number of benzene rings is 3. The molecule has 0 unspecified atom stereocenters. The van der Waals surface area contributed by atoms with Gasteiger partial charge >= 0.3 is 5.97 Å². The van der Waals surface area contributed by atoms with Crippen molar-refractivity contribution in [3.8, 4) is 23.1 Å². The number of ether oxygens (including phenoxy) is 4. The third-order valence-electron chi connectivity index (χ3n) is 5.49. The van der Waals surface area contributed by atoms with Crippen molar-refractivity contribution >= 4 is 11.9 Å². The number of hydrogen-bond donors (Lipinski definition) is 1. The van der Waals surface area contributed by atoms with Gasteiger partial charge in [-0.05, 0) is 59.7 Å². The fourth-order valence-corrected chi connectivity index (χ4v) is 3.59. The first kappa shape index (κ1) is 25.2. The second-order valence-electron chi connectivity index (χ2n) is 7.89. The van der Waals surface area contributed by atoms with Crippen LogP contribution in [-0.4, -0.2) is 37.7 Å². The number of nitrogens with one attached hydrogen (secondary N) is 1. The molecule has 0 saturated carbocycles. The first-order valence-corrected chi connectivity index (χ1v) is 11.5. The first-order valence-electron chi connectivity index (χ1n) is 11.5. The Hall–Kier alpha value is -4.85. The van der Waals surface area contributed by atoms with Crippen LogP contribution in [0.4, 0.5) is 0 Å². The molecule has 1 amide bonds. The van der Waals surface area contributed by atoms with Gasteiger partial charge in [0.2, 0.25) is 5.88 Å². The molecule has 1 aromatic heterocycles. The van der Waals surface area contributed by atoms with Crippen molar-refractivity contribution in [1.82, 2.24) is 10.3 Å². The number of amides is 1. The van der Waals surface area contributed by atoms with E-state index in [4.69, 9.17) is 18.9 Å².